The van der Waals surface area contributed by atoms with Gasteiger partial charge in [-0.15, -0.1) is 0 Å². The van der Waals surface area contributed by atoms with E-state index >= 15 is 0 Å². The smallest absolute Gasteiger partial charge is 0.193 e. The summed E-state index contributed by atoms with van der Waals surface area (Å²) in [6.45, 7) is 37.1. The molecular formula is C32H65IO5Si3. The van der Waals surface area contributed by atoms with E-state index in [1.165, 1.54) is 0 Å². The van der Waals surface area contributed by atoms with Crippen molar-refractivity contribution in [1.82, 2.24) is 0 Å². The molecule has 7 atom stereocenters. The van der Waals surface area contributed by atoms with Gasteiger partial charge in [0.15, 0.2) is 25.0 Å². The van der Waals surface area contributed by atoms with Crippen LogP contribution in [0.3, 0.4) is 0 Å². The minimum Gasteiger partial charge on any atom is -0.408 e. The average molecular weight is 741 g/mol. The third-order valence-electron chi connectivity index (χ3n) is 10.7. The van der Waals surface area contributed by atoms with Crippen LogP contribution in [0.5, 0.6) is 0 Å². The Bertz CT molecular complexity index is 872. The average Bonchev–Trinajstić information content (AvgIpc) is 2.78. The lowest BCUT2D eigenvalue weighted by molar-refractivity contribution is -0.267. The van der Waals surface area contributed by atoms with Crippen molar-refractivity contribution in [3.63, 3.8) is 0 Å². The van der Waals surface area contributed by atoms with E-state index in [1.807, 2.05) is 0 Å². The molecular weight excluding hydrogens is 676 g/mol. The Hall–Kier alpha value is 0.921. The molecule has 0 bridgehead atoms. The molecule has 0 aromatic carbocycles. The molecule has 0 aromatic heterocycles. The SMILES string of the molecule is CCCC1CC[C@@H]2O[C@@H]([C@H](/C=C/I)O[Si](C)(C)C(C)(C)C)[C@@H](O[Si](C)(C)C(C)(C)C)[C@@H](O[Si](C)(C)C(C)(C)C)[C@H]2O1. The number of hydrogen-bond donors (Lipinski definition) is 0. The van der Waals surface area contributed by atoms with Crippen molar-refractivity contribution in [2.24, 2.45) is 0 Å². The molecule has 242 valence electrons. The van der Waals surface area contributed by atoms with Gasteiger partial charge in [-0.3, -0.25) is 0 Å². The summed E-state index contributed by atoms with van der Waals surface area (Å²) in [7, 11) is -6.52. The van der Waals surface area contributed by atoms with Crippen LogP contribution in [-0.2, 0) is 22.8 Å². The standard InChI is InChI=1S/C32H65IO5Si3/c1-17-18-23-19-20-24-26(34-23)28(37-40(13,14)31(5,6)7)29(38-41(15,16)32(8,9)10)27(35-24)25(21-22-33)36-39(11,12)30(2,3)4/h21-29H,17-20H2,1-16H3/b22-21+/t23?,24-,25-,26-,27-,28-,29+/m0/s1. The van der Waals surface area contributed by atoms with Crippen molar-refractivity contribution in [2.75, 3.05) is 0 Å². The normalized spacial score (nSPS) is 30.0. The minimum atomic E-state index is -2.22. The third kappa shape index (κ3) is 9.24. The van der Waals surface area contributed by atoms with Crippen molar-refractivity contribution in [1.29, 1.82) is 0 Å². The molecule has 0 aromatic rings. The Morgan fingerprint density at radius 2 is 1.24 bits per heavy atom. The van der Waals surface area contributed by atoms with E-state index in [1.54, 1.807) is 0 Å². The fourth-order valence-corrected chi connectivity index (χ4v) is 9.15. The molecule has 2 saturated heterocycles. The molecule has 0 radical (unpaired) electrons. The van der Waals surface area contributed by atoms with Crippen molar-refractivity contribution < 1.29 is 22.8 Å². The molecule has 0 N–H and O–H groups in total. The molecule has 1 unspecified atom stereocenters. The van der Waals surface area contributed by atoms with Gasteiger partial charge in [-0.05, 0) is 83.8 Å². The van der Waals surface area contributed by atoms with Gasteiger partial charge in [-0.1, -0.05) is 98.2 Å². The van der Waals surface area contributed by atoms with Crippen LogP contribution in [0.4, 0.5) is 0 Å². The quantitative estimate of drug-likeness (QED) is 0.165. The van der Waals surface area contributed by atoms with Gasteiger partial charge in [-0.2, -0.15) is 0 Å². The second kappa shape index (κ2) is 13.7. The first-order valence-electron chi connectivity index (χ1n) is 16.0. The van der Waals surface area contributed by atoms with E-state index < -0.39 is 25.0 Å². The number of fused-ring (bicyclic) bond motifs is 1. The molecule has 0 saturated carbocycles. The number of hydrogen-bond acceptors (Lipinski definition) is 5. The lowest BCUT2D eigenvalue weighted by Crippen LogP contribution is -2.69. The lowest BCUT2D eigenvalue weighted by Gasteiger charge is -2.56. The Morgan fingerprint density at radius 3 is 1.68 bits per heavy atom. The zero-order valence-corrected chi connectivity index (χ0v) is 34.6. The summed E-state index contributed by atoms with van der Waals surface area (Å²) in [6.07, 6.45) is 5.48. The van der Waals surface area contributed by atoms with Gasteiger partial charge in [0.2, 0.25) is 0 Å². The Balaban J connectivity index is 2.72. The summed E-state index contributed by atoms with van der Waals surface area (Å²) >= 11 is 2.32. The maximum Gasteiger partial charge on any atom is 0.193 e. The monoisotopic (exact) mass is 740 g/mol. The van der Waals surface area contributed by atoms with Gasteiger partial charge < -0.3 is 22.8 Å². The summed E-state index contributed by atoms with van der Waals surface area (Å²) < 4.78 is 38.2. The second-order valence-corrected chi connectivity index (χ2v) is 32.1. The van der Waals surface area contributed by atoms with Gasteiger partial charge >= 0.3 is 0 Å². The van der Waals surface area contributed by atoms with Gasteiger partial charge in [0.25, 0.3) is 0 Å². The molecule has 0 amide bonds. The van der Waals surface area contributed by atoms with Crippen molar-refractivity contribution in [3.8, 4) is 0 Å². The fourth-order valence-electron chi connectivity index (χ4n) is 4.89. The molecule has 5 nitrogen and oxygen atoms in total. The van der Waals surface area contributed by atoms with Crippen LogP contribution in [0.15, 0.2) is 10.2 Å². The van der Waals surface area contributed by atoms with E-state index in [2.05, 4.69) is 141 Å². The highest BCUT2D eigenvalue weighted by Gasteiger charge is 2.57. The van der Waals surface area contributed by atoms with E-state index in [4.69, 9.17) is 22.8 Å². The topological polar surface area (TPSA) is 46.2 Å². The fraction of sp³-hybridized carbons (Fsp3) is 0.938. The van der Waals surface area contributed by atoms with E-state index in [0.717, 1.165) is 25.7 Å². The van der Waals surface area contributed by atoms with Crippen LogP contribution >= 0.6 is 22.6 Å². The van der Waals surface area contributed by atoms with E-state index in [-0.39, 0.29) is 57.8 Å². The van der Waals surface area contributed by atoms with Crippen LogP contribution in [-0.4, -0.2) is 67.7 Å². The minimum absolute atomic E-state index is 0.0322. The summed E-state index contributed by atoms with van der Waals surface area (Å²) in [5.41, 5.74) is 0. The predicted molar refractivity (Wildman–Crippen MR) is 191 cm³/mol. The first kappa shape index (κ1) is 38.1. The molecule has 0 spiro atoms. The molecule has 41 heavy (non-hydrogen) atoms. The van der Waals surface area contributed by atoms with Gasteiger partial charge in [-0.25, -0.2) is 0 Å². The Morgan fingerprint density at radius 1 is 0.756 bits per heavy atom. The predicted octanol–water partition coefficient (Wildman–Crippen LogP) is 10.2. The van der Waals surface area contributed by atoms with Gasteiger partial charge in [0, 0.05) is 0 Å². The highest BCUT2D eigenvalue weighted by Crippen LogP contribution is 2.47. The summed E-state index contributed by atoms with van der Waals surface area (Å²) in [6, 6.07) is 0. The van der Waals surface area contributed by atoms with Crippen molar-refractivity contribution >= 4 is 47.5 Å². The van der Waals surface area contributed by atoms with Crippen molar-refractivity contribution in [2.45, 2.75) is 192 Å². The Kier molecular flexibility index (Phi) is 12.8. The number of halogens is 1. The van der Waals surface area contributed by atoms with Crippen LogP contribution < -0.4 is 0 Å². The summed E-state index contributed by atoms with van der Waals surface area (Å²) in [5, 5.41) is 0.188. The molecule has 2 rings (SSSR count). The largest absolute Gasteiger partial charge is 0.408 e. The highest BCUT2D eigenvalue weighted by molar-refractivity contribution is 14.1. The van der Waals surface area contributed by atoms with E-state index in [0.29, 0.717) is 0 Å². The summed E-state index contributed by atoms with van der Waals surface area (Å²) in [5.74, 6) is 0. The molecule has 2 aliphatic heterocycles. The Labute approximate surface area is 271 Å². The molecule has 2 fully saturated rings. The number of ether oxygens (including phenoxy) is 2. The first-order chi connectivity index (χ1) is 18.4. The van der Waals surface area contributed by atoms with Crippen molar-refractivity contribution in [3.05, 3.63) is 10.2 Å². The van der Waals surface area contributed by atoms with Crippen LogP contribution in [0, 0.1) is 0 Å². The lowest BCUT2D eigenvalue weighted by atomic mass is 9.87. The van der Waals surface area contributed by atoms with E-state index in [9.17, 15) is 0 Å². The zero-order valence-electron chi connectivity index (χ0n) is 29.4. The molecule has 9 heteroatoms. The first-order valence-corrected chi connectivity index (χ1v) is 26.0. The molecule has 2 heterocycles. The van der Waals surface area contributed by atoms with Crippen LogP contribution in [0.2, 0.25) is 54.4 Å². The van der Waals surface area contributed by atoms with Crippen LogP contribution in [0.1, 0.15) is 94.9 Å². The zero-order chi connectivity index (χ0) is 31.8. The second-order valence-electron chi connectivity index (χ2n) is 17.1. The molecule has 2 aliphatic rings. The maximum atomic E-state index is 7.43. The summed E-state index contributed by atoms with van der Waals surface area (Å²) in [4.78, 5) is 0. The third-order valence-corrected chi connectivity index (χ3v) is 24.5. The van der Waals surface area contributed by atoms with Gasteiger partial charge in [0.1, 0.15) is 24.4 Å². The number of rotatable bonds is 10. The highest BCUT2D eigenvalue weighted by atomic mass is 127. The van der Waals surface area contributed by atoms with Gasteiger partial charge in [0.05, 0.1) is 18.3 Å². The maximum absolute atomic E-state index is 7.43. The molecule has 0 aliphatic carbocycles. The van der Waals surface area contributed by atoms with Crippen LogP contribution in [0.25, 0.3) is 0 Å².